The zero-order chi connectivity index (χ0) is 31.4. The van der Waals surface area contributed by atoms with E-state index in [2.05, 4.69) is 34.1 Å². The summed E-state index contributed by atoms with van der Waals surface area (Å²) in [6.45, 7) is 9.91. The first-order valence-corrected chi connectivity index (χ1v) is 17.0. The summed E-state index contributed by atoms with van der Waals surface area (Å²) < 4.78 is 6.09. The monoisotopic (exact) mass is 630 g/mol. The third-order valence-electron chi connectivity index (χ3n) is 8.71. The summed E-state index contributed by atoms with van der Waals surface area (Å²) >= 11 is 6.49. The van der Waals surface area contributed by atoms with Crippen LogP contribution in [-0.2, 0) is 17.9 Å². The second kappa shape index (κ2) is 16.8. The van der Waals surface area contributed by atoms with Gasteiger partial charge in [-0.3, -0.25) is 14.5 Å². The lowest BCUT2D eigenvalue weighted by Crippen LogP contribution is -2.38. The van der Waals surface area contributed by atoms with Crippen LogP contribution in [0.25, 0.3) is 0 Å². The summed E-state index contributed by atoms with van der Waals surface area (Å²) in [7, 11) is 0. The number of carbonyl (C=O) groups excluding carboxylic acids is 2. The van der Waals surface area contributed by atoms with Gasteiger partial charge in [-0.15, -0.1) is 0 Å². The van der Waals surface area contributed by atoms with Crippen LogP contribution in [0.15, 0.2) is 72.8 Å². The van der Waals surface area contributed by atoms with Gasteiger partial charge in [-0.25, -0.2) is 0 Å². The minimum absolute atomic E-state index is 0.0521. The number of rotatable bonds is 10. The molecule has 0 saturated carbocycles. The predicted octanol–water partition coefficient (Wildman–Crippen LogP) is 6.89. The standard InChI is InChI=1S/C37H47ClN4O3/c1-2-11-36(43)42-22-9-20-40(28-30-12-4-3-5-13-30)23-24-41(29-32-16-17-33(38)27-35(32)42)37(44)31-14-8-15-34(26-31)45-25-10-21-39-18-6-7-19-39/h3-5,8,12-17,26-27H,2,6-7,9-11,18-25,28-29H2,1H3. The topological polar surface area (TPSA) is 56.3 Å². The highest BCUT2D eigenvalue weighted by atomic mass is 35.5. The van der Waals surface area contributed by atoms with Crippen molar-refractivity contribution in [1.82, 2.24) is 14.7 Å². The van der Waals surface area contributed by atoms with Crippen LogP contribution in [0.1, 0.15) is 66.9 Å². The maximum absolute atomic E-state index is 14.2. The number of nitrogens with zero attached hydrogens (tertiary/aromatic N) is 4. The maximum atomic E-state index is 14.2. The van der Waals surface area contributed by atoms with Gasteiger partial charge in [0.05, 0.1) is 12.3 Å². The maximum Gasteiger partial charge on any atom is 0.254 e. The van der Waals surface area contributed by atoms with E-state index >= 15 is 0 Å². The molecule has 0 aliphatic carbocycles. The molecule has 2 aliphatic heterocycles. The molecule has 2 heterocycles. The number of ether oxygens (including phenoxy) is 1. The number of amides is 2. The Hall–Kier alpha value is -3.39. The summed E-state index contributed by atoms with van der Waals surface area (Å²) in [5, 5.41) is 0.580. The predicted molar refractivity (Wildman–Crippen MR) is 182 cm³/mol. The molecule has 0 N–H and O–H groups in total. The molecule has 3 aromatic rings. The molecule has 7 nitrogen and oxygen atoms in total. The van der Waals surface area contributed by atoms with Gasteiger partial charge in [0, 0.05) is 62.8 Å². The van der Waals surface area contributed by atoms with Crippen molar-refractivity contribution in [3.8, 4) is 5.75 Å². The van der Waals surface area contributed by atoms with E-state index in [-0.39, 0.29) is 11.8 Å². The molecule has 5 rings (SSSR count). The molecule has 0 unspecified atom stereocenters. The fourth-order valence-electron chi connectivity index (χ4n) is 6.32. The molecule has 240 valence electrons. The molecule has 1 fully saturated rings. The fourth-order valence-corrected chi connectivity index (χ4v) is 6.49. The van der Waals surface area contributed by atoms with Crippen LogP contribution < -0.4 is 9.64 Å². The Kier molecular flexibility index (Phi) is 12.3. The molecule has 0 radical (unpaired) electrons. The molecule has 3 aromatic carbocycles. The summed E-state index contributed by atoms with van der Waals surface area (Å²) in [6, 6.07) is 23.7. The average Bonchev–Trinajstić information content (AvgIpc) is 3.57. The summed E-state index contributed by atoms with van der Waals surface area (Å²) in [6.07, 6.45) is 5.60. The minimum Gasteiger partial charge on any atom is -0.494 e. The number of hydrogen-bond acceptors (Lipinski definition) is 5. The molecule has 2 amide bonds. The van der Waals surface area contributed by atoms with E-state index in [4.69, 9.17) is 16.3 Å². The van der Waals surface area contributed by atoms with Crippen molar-refractivity contribution in [2.24, 2.45) is 0 Å². The molecule has 0 spiro atoms. The highest BCUT2D eigenvalue weighted by molar-refractivity contribution is 6.31. The van der Waals surface area contributed by atoms with Gasteiger partial charge in [0.2, 0.25) is 5.91 Å². The summed E-state index contributed by atoms with van der Waals surface area (Å²) in [4.78, 5) is 36.3. The van der Waals surface area contributed by atoms with Gasteiger partial charge in [-0.2, -0.15) is 0 Å². The van der Waals surface area contributed by atoms with Gasteiger partial charge in [-0.05, 0) is 86.7 Å². The first-order chi connectivity index (χ1) is 22.0. The van der Waals surface area contributed by atoms with Crippen molar-refractivity contribution in [2.75, 3.05) is 57.3 Å². The Bertz CT molecular complexity index is 1400. The first kappa shape index (κ1) is 33.0. The number of carbonyl (C=O) groups is 2. The SMILES string of the molecule is CCCC(=O)N1CCCN(Cc2ccccc2)CCN(C(=O)c2cccc(OCCCN3CCCC3)c2)Cc2ccc(Cl)cc21. The number of likely N-dealkylation sites (tertiary alicyclic amines) is 1. The molecule has 0 bridgehead atoms. The van der Waals surface area contributed by atoms with Gasteiger partial charge < -0.3 is 19.4 Å². The van der Waals surface area contributed by atoms with Gasteiger partial charge in [0.25, 0.3) is 5.91 Å². The Morgan fingerprint density at radius 3 is 2.42 bits per heavy atom. The number of fused-ring (bicyclic) bond motifs is 1. The molecular formula is C37H47ClN4O3. The molecule has 2 aliphatic rings. The quantitative estimate of drug-likeness (QED) is 0.229. The largest absolute Gasteiger partial charge is 0.494 e. The van der Waals surface area contributed by atoms with E-state index in [1.807, 2.05) is 65.3 Å². The number of hydrogen-bond donors (Lipinski definition) is 0. The van der Waals surface area contributed by atoms with Crippen LogP contribution in [0.5, 0.6) is 5.75 Å². The van der Waals surface area contributed by atoms with Crippen molar-refractivity contribution in [3.05, 3.63) is 94.5 Å². The number of halogens is 1. The van der Waals surface area contributed by atoms with Gasteiger partial charge in [-0.1, -0.05) is 61.0 Å². The van der Waals surface area contributed by atoms with Crippen LogP contribution >= 0.6 is 11.6 Å². The Morgan fingerprint density at radius 1 is 0.822 bits per heavy atom. The molecule has 8 heteroatoms. The lowest BCUT2D eigenvalue weighted by Gasteiger charge is -2.28. The molecular weight excluding hydrogens is 584 g/mol. The third-order valence-corrected chi connectivity index (χ3v) is 8.94. The van der Waals surface area contributed by atoms with Crippen LogP contribution in [-0.4, -0.2) is 78.9 Å². The lowest BCUT2D eigenvalue weighted by atomic mass is 10.1. The van der Waals surface area contributed by atoms with E-state index in [9.17, 15) is 9.59 Å². The van der Waals surface area contributed by atoms with Crippen molar-refractivity contribution < 1.29 is 14.3 Å². The molecule has 0 aromatic heterocycles. The van der Waals surface area contributed by atoms with Crippen molar-refractivity contribution in [3.63, 3.8) is 0 Å². The third kappa shape index (κ3) is 9.55. The first-order valence-electron chi connectivity index (χ1n) is 16.6. The van der Waals surface area contributed by atoms with Gasteiger partial charge in [0.1, 0.15) is 5.75 Å². The second-order valence-corrected chi connectivity index (χ2v) is 12.6. The normalized spacial score (nSPS) is 16.7. The van der Waals surface area contributed by atoms with E-state index in [1.165, 1.54) is 31.5 Å². The average molecular weight is 631 g/mol. The Balaban J connectivity index is 1.38. The smallest absolute Gasteiger partial charge is 0.254 e. The van der Waals surface area contributed by atoms with Crippen molar-refractivity contribution >= 4 is 29.1 Å². The van der Waals surface area contributed by atoms with Crippen molar-refractivity contribution in [1.29, 1.82) is 0 Å². The zero-order valence-corrected chi connectivity index (χ0v) is 27.4. The fraction of sp³-hybridized carbons (Fsp3) is 0.459. The van der Waals surface area contributed by atoms with Gasteiger partial charge in [0.15, 0.2) is 0 Å². The zero-order valence-electron chi connectivity index (χ0n) is 26.6. The Morgan fingerprint density at radius 2 is 1.62 bits per heavy atom. The van der Waals surface area contributed by atoms with Crippen LogP contribution in [0.2, 0.25) is 5.02 Å². The van der Waals surface area contributed by atoms with Crippen LogP contribution in [0, 0.1) is 0 Å². The van der Waals surface area contributed by atoms with Crippen LogP contribution in [0.4, 0.5) is 5.69 Å². The molecule has 45 heavy (non-hydrogen) atoms. The summed E-state index contributed by atoms with van der Waals surface area (Å²) in [5.74, 6) is 0.750. The Labute approximate surface area is 273 Å². The van der Waals surface area contributed by atoms with Crippen LogP contribution in [0.3, 0.4) is 0 Å². The number of benzene rings is 3. The van der Waals surface area contributed by atoms with E-state index in [0.717, 1.165) is 62.4 Å². The highest BCUT2D eigenvalue weighted by Crippen LogP contribution is 2.29. The second-order valence-electron chi connectivity index (χ2n) is 12.2. The highest BCUT2D eigenvalue weighted by Gasteiger charge is 2.25. The van der Waals surface area contributed by atoms with E-state index in [0.29, 0.717) is 43.2 Å². The van der Waals surface area contributed by atoms with E-state index < -0.39 is 0 Å². The van der Waals surface area contributed by atoms with Crippen molar-refractivity contribution in [2.45, 2.75) is 58.5 Å². The number of anilines is 1. The van der Waals surface area contributed by atoms with E-state index in [1.54, 1.807) is 0 Å². The molecule has 1 saturated heterocycles. The van der Waals surface area contributed by atoms with Gasteiger partial charge >= 0.3 is 0 Å². The lowest BCUT2D eigenvalue weighted by molar-refractivity contribution is -0.118. The molecule has 0 atom stereocenters. The summed E-state index contributed by atoms with van der Waals surface area (Å²) in [5.41, 5.74) is 3.55. The minimum atomic E-state index is -0.0521.